The lowest BCUT2D eigenvalue weighted by molar-refractivity contribution is 0.00700. The van der Waals surface area contributed by atoms with Gasteiger partial charge in [0, 0.05) is 32.3 Å². The molecule has 1 aromatic carbocycles. The van der Waals surface area contributed by atoms with Crippen LogP contribution in [0.1, 0.15) is 38.8 Å². The number of aliphatic imine (C=N–C) groups is 1. The highest BCUT2D eigenvalue weighted by Gasteiger charge is 2.34. The van der Waals surface area contributed by atoms with Crippen LogP contribution in [0, 0.1) is 5.82 Å². The van der Waals surface area contributed by atoms with E-state index in [0.29, 0.717) is 37.7 Å². The molecule has 9 heteroatoms. The number of likely N-dealkylation sites (tertiary alicyclic amines) is 1. The van der Waals surface area contributed by atoms with Crippen LogP contribution in [-0.4, -0.2) is 55.3 Å². The second kappa shape index (κ2) is 11.5. The highest BCUT2D eigenvalue weighted by atomic mass is 127. The average molecular weight is 522 g/mol. The first-order valence-corrected chi connectivity index (χ1v) is 9.51. The van der Waals surface area contributed by atoms with Gasteiger partial charge in [-0.25, -0.2) is 14.2 Å². The molecule has 0 unspecified atom stereocenters. The molecule has 2 N–H and O–H groups in total. The highest BCUT2D eigenvalue weighted by molar-refractivity contribution is 14.0. The van der Waals surface area contributed by atoms with Crippen LogP contribution >= 0.6 is 24.0 Å². The van der Waals surface area contributed by atoms with Crippen molar-refractivity contribution in [3.63, 3.8) is 0 Å². The molecule has 1 amide bonds. The Bertz CT molecular complexity index is 703. The Labute approximate surface area is 189 Å². The van der Waals surface area contributed by atoms with Gasteiger partial charge in [0.15, 0.2) is 5.96 Å². The van der Waals surface area contributed by atoms with Gasteiger partial charge in [-0.3, -0.25) is 0 Å². The van der Waals surface area contributed by atoms with Crippen molar-refractivity contribution in [1.82, 2.24) is 15.5 Å². The molecular formula is C20H32FIN4O3. The smallest absolute Gasteiger partial charge is 0.410 e. The number of amides is 1. The molecule has 0 saturated carbocycles. The van der Waals surface area contributed by atoms with Gasteiger partial charge in [0.2, 0.25) is 0 Å². The van der Waals surface area contributed by atoms with Crippen molar-refractivity contribution in [2.45, 2.75) is 52.5 Å². The molecule has 0 aromatic heterocycles. The Morgan fingerprint density at radius 1 is 1.34 bits per heavy atom. The number of methoxy groups -OCH3 is 1. The molecule has 2 rings (SSSR count). The summed E-state index contributed by atoms with van der Waals surface area (Å²) < 4.78 is 24.1. The standard InChI is InChI=1S/C20H31FN4O3.HI/c1-6-22-18(23-10-14-7-8-17(21)15(9-14)13-27-5)24-16-11-25(12-16)19(26)28-20(2,3)4;/h7-9,16H,6,10-13H2,1-5H3,(H2,22,23,24);1H. The molecule has 0 spiro atoms. The SMILES string of the molecule is CCNC(=NCc1ccc(F)c(COC)c1)NC1CN(C(=O)OC(C)(C)C)C1.I. The van der Waals surface area contributed by atoms with Crippen molar-refractivity contribution in [2.75, 3.05) is 26.7 Å². The van der Waals surface area contributed by atoms with Gasteiger partial charge in [0.25, 0.3) is 0 Å². The predicted molar refractivity (Wildman–Crippen MR) is 122 cm³/mol. The summed E-state index contributed by atoms with van der Waals surface area (Å²) >= 11 is 0. The van der Waals surface area contributed by atoms with Crippen molar-refractivity contribution in [3.05, 3.63) is 35.1 Å². The van der Waals surface area contributed by atoms with Gasteiger partial charge in [-0.05, 0) is 45.4 Å². The minimum Gasteiger partial charge on any atom is -0.444 e. The summed E-state index contributed by atoms with van der Waals surface area (Å²) in [7, 11) is 1.54. The number of nitrogens with zero attached hydrogens (tertiary/aromatic N) is 2. The van der Waals surface area contributed by atoms with Gasteiger partial charge >= 0.3 is 6.09 Å². The van der Waals surface area contributed by atoms with Crippen LogP contribution < -0.4 is 10.6 Å². The van der Waals surface area contributed by atoms with E-state index < -0.39 is 5.60 Å². The summed E-state index contributed by atoms with van der Waals surface area (Å²) in [6.07, 6.45) is -0.301. The topological polar surface area (TPSA) is 75.2 Å². The van der Waals surface area contributed by atoms with E-state index in [1.165, 1.54) is 13.2 Å². The summed E-state index contributed by atoms with van der Waals surface area (Å²) in [5, 5.41) is 6.51. The van der Waals surface area contributed by atoms with E-state index in [2.05, 4.69) is 15.6 Å². The number of ether oxygens (including phenoxy) is 2. The van der Waals surface area contributed by atoms with Crippen LogP contribution in [0.15, 0.2) is 23.2 Å². The Balaban J connectivity index is 0.00000420. The highest BCUT2D eigenvalue weighted by Crippen LogP contribution is 2.15. The third-order valence-electron chi connectivity index (χ3n) is 4.05. The maximum absolute atomic E-state index is 13.7. The van der Waals surface area contributed by atoms with Crippen molar-refractivity contribution >= 4 is 36.0 Å². The first-order chi connectivity index (χ1) is 13.2. The van der Waals surface area contributed by atoms with Crippen LogP contribution in [0.2, 0.25) is 0 Å². The van der Waals surface area contributed by atoms with Crippen LogP contribution in [-0.2, 0) is 22.6 Å². The average Bonchev–Trinajstić information content (AvgIpc) is 2.56. The van der Waals surface area contributed by atoms with Gasteiger partial charge in [-0.1, -0.05) is 6.07 Å². The molecule has 1 fully saturated rings. The van der Waals surface area contributed by atoms with Crippen LogP contribution in [0.5, 0.6) is 0 Å². The van der Waals surface area contributed by atoms with E-state index in [-0.39, 0.29) is 48.5 Å². The van der Waals surface area contributed by atoms with E-state index in [0.717, 1.165) is 5.56 Å². The number of carbonyl (C=O) groups is 1. The molecule has 1 aliphatic heterocycles. The van der Waals surface area contributed by atoms with Crippen molar-refractivity contribution < 1.29 is 18.7 Å². The Hall–Kier alpha value is -1.62. The van der Waals surface area contributed by atoms with Gasteiger partial charge in [0.1, 0.15) is 11.4 Å². The molecule has 29 heavy (non-hydrogen) atoms. The monoisotopic (exact) mass is 522 g/mol. The first-order valence-electron chi connectivity index (χ1n) is 9.51. The van der Waals surface area contributed by atoms with E-state index in [4.69, 9.17) is 9.47 Å². The zero-order valence-electron chi connectivity index (χ0n) is 17.8. The molecule has 0 aliphatic carbocycles. The third kappa shape index (κ3) is 8.33. The van der Waals surface area contributed by atoms with E-state index in [1.807, 2.05) is 27.7 Å². The summed E-state index contributed by atoms with van der Waals surface area (Å²) in [6.45, 7) is 10.0. The molecule has 1 aliphatic rings. The molecule has 1 aromatic rings. The first kappa shape index (κ1) is 25.4. The summed E-state index contributed by atoms with van der Waals surface area (Å²) in [5.74, 6) is 0.380. The third-order valence-corrected chi connectivity index (χ3v) is 4.05. The molecule has 0 radical (unpaired) electrons. The normalized spacial score (nSPS) is 14.7. The van der Waals surface area contributed by atoms with Crippen molar-refractivity contribution in [1.29, 1.82) is 0 Å². The lowest BCUT2D eigenvalue weighted by atomic mass is 10.1. The number of hydrogen-bond acceptors (Lipinski definition) is 4. The largest absolute Gasteiger partial charge is 0.444 e. The van der Waals surface area contributed by atoms with Crippen LogP contribution in [0.3, 0.4) is 0 Å². The molecule has 1 heterocycles. The Morgan fingerprint density at radius 3 is 2.62 bits per heavy atom. The van der Waals surface area contributed by atoms with Gasteiger partial charge in [-0.15, -0.1) is 24.0 Å². The maximum atomic E-state index is 13.7. The van der Waals surface area contributed by atoms with Crippen LogP contribution in [0.25, 0.3) is 0 Å². The fourth-order valence-corrected chi connectivity index (χ4v) is 2.72. The maximum Gasteiger partial charge on any atom is 0.410 e. The number of guanidine groups is 1. The lowest BCUT2D eigenvalue weighted by Gasteiger charge is -2.40. The van der Waals surface area contributed by atoms with E-state index in [1.54, 1.807) is 17.0 Å². The minimum atomic E-state index is -0.497. The fraction of sp³-hybridized carbons (Fsp3) is 0.600. The van der Waals surface area contributed by atoms with Gasteiger partial charge in [-0.2, -0.15) is 0 Å². The summed E-state index contributed by atoms with van der Waals surface area (Å²) in [5.41, 5.74) is 0.915. The second-order valence-corrected chi connectivity index (χ2v) is 7.78. The Kier molecular flexibility index (Phi) is 10.1. The number of carbonyl (C=O) groups excluding carboxylic acids is 1. The molecule has 1 saturated heterocycles. The predicted octanol–water partition coefficient (Wildman–Crippen LogP) is 3.26. The Morgan fingerprint density at radius 2 is 2.03 bits per heavy atom. The zero-order valence-corrected chi connectivity index (χ0v) is 20.1. The van der Waals surface area contributed by atoms with Crippen molar-refractivity contribution in [2.24, 2.45) is 4.99 Å². The lowest BCUT2D eigenvalue weighted by Crippen LogP contribution is -2.63. The summed E-state index contributed by atoms with van der Waals surface area (Å²) in [6, 6.07) is 5.03. The second-order valence-electron chi connectivity index (χ2n) is 7.78. The molecule has 7 nitrogen and oxygen atoms in total. The zero-order chi connectivity index (χ0) is 20.7. The molecule has 0 bridgehead atoms. The van der Waals surface area contributed by atoms with E-state index >= 15 is 0 Å². The van der Waals surface area contributed by atoms with Crippen LogP contribution in [0.4, 0.5) is 9.18 Å². The quantitative estimate of drug-likeness (QED) is 0.341. The molecule has 0 atom stereocenters. The fourth-order valence-electron chi connectivity index (χ4n) is 2.72. The van der Waals surface area contributed by atoms with Gasteiger partial charge in [0.05, 0.1) is 19.2 Å². The summed E-state index contributed by atoms with van der Waals surface area (Å²) in [4.78, 5) is 18.2. The van der Waals surface area contributed by atoms with E-state index in [9.17, 15) is 9.18 Å². The minimum absolute atomic E-state index is 0. The number of benzene rings is 1. The van der Waals surface area contributed by atoms with Crippen molar-refractivity contribution in [3.8, 4) is 0 Å². The molecule has 164 valence electrons. The number of hydrogen-bond donors (Lipinski definition) is 2. The number of rotatable bonds is 6. The molecular weight excluding hydrogens is 490 g/mol. The number of nitrogens with one attached hydrogen (secondary N) is 2. The number of halogens is 2. The van der Waals surface area contributed by atoms with Gasteiger partial charge < -0.3 is 25.0 Å².